The minimum absolute atomic E-state index is 0. The lowest BCUT2D eigenvalue weighted by atomic mass is 10.0. The molecule has 0 radical (unpaired) electrons. The Balaban J connectivity index is 0.00000364. The predicted molar refractivity (Wildman–Crippen MR) is 123 cm³/mol. The lowest BCUT2D eigenvalue weighted by molar-refractivity contribution is -0.0939. The van der Waals surface area contributed by atoms with Crippen LogP contribution in [0.4, 0.5) is 0 Å². The summed E-state index contributed by atoms with van der Waals surface area (Å²) in [6.45, 7) is 15.2. The topological polar surface area (TPSA) is 61.8 Å². The molecule has 2 atom stereocenters. The van der Waals surface area contributed by atoms with E-state index in [9.17, 15) is 0 Å². The van der Waals surface area contributed by atoms with Crippen molar-refractivity contribution in [3.63, 3.8) is 0 Å². The second kappa shape index (κ2) is 11.8. The molecule has 27 heavy (non-hydrogen) atoms. The average molecular weight is 489 g/mol. The highest BCUT2D eigenvalue weighted by atomic mass is 127. The van der Waals surface area contributed by atoms with Gasteiger partial charge in [0.05, 0.1) is 18.8 Å². The number of guanidine groups is 1. The number of rotatable bonds is 7. The maximum Gasteiger partial charge on any atom is 0.191 e. The Morgan fingerprint density at radius 1 is 1.26 bits per heavy atom. The van der Waals surface area contributed by atoms with E-state index in [1.54, 1.807) is 0 Å². The smallest absolute Gasteiger partial charge is 0.191 e. The highest BCUT2D eigenvalue weighted by molar-refractivity contribution is 14.0. The third kappa shape index (κ3) is 8.31. The fourth-order valence-corrected chi connectivity index (χ4v) is 3.24. The Morgan fingerprint density at radius 2 is 1.96 bits per heavy atom. The van der Waals surface area contributed by atoms with Gasteiger partial charge in [-0.15, -0.1) is 24.0 Å². The molecule has 0 bridgehead atoms. The lowest BCUT2D eigenvalue weighted by Gasteiger charge is -2.44. The standard InChI is InChI=1S/C20H35N5O.HI/c1-6-21-19(23-12-10-18-9-7-8-11-22-18)24-15-20(4,5)25-13-16(2)26-17(3)14-25;/h7-9,11,16-17H,6,10,12-15H2,1-5H3,(H2,21,23,24);1H. The molecule has 154 valence electrons. The van der Waals surface area contributed by atoms with E-state index >= 15 is 0 Å². The highest BCUT2D eigenvalue weighted by Gasteiger charge is 2.33. The molecule has 1 aromatic heterocycles. The van der Waals surface area contributed by atoms with E-state index in [0.717, 1.165) is 50.8 Å². The molecule has 0 aliphatic carbocycles. The van der Waals surface area contributed by atoms with E-state index in [4.69, 9.17) is 9.73 Å². The van der Waals surface area contributed by atoms with Gasteiger partial charge in [-0.05, 0) is 46.8 Å². The number of ether oxygens (including phenoxy) is 1. The van der Waals surface area contributed by atoms with Crippen LogP contribution in [0.3, 0.4) is 0 Å². The monoisotopic (exact) mass is 489 g/mol. The van der Waals surface area contributed by atoms with Crippen LogP contribution in [0, 0.1) is 0 Å². The summed E-state index contributed by atoms with van der Waals surface area (Å²) < 4.78 is 5.86. The van der Waals surface area contributed by atoms with Crippen LogP contribution in [0.15, 0.2) is 29.4 Å². The summed E-state index contributed by atoms with van der Waals surface area (Å²) in [5.41, 5.74) is 1.09. The van der Waals surface area contributed by atoms with E-state index in [0.29, 0.717) is 0 Å². The molecule has 1 fully saturated rings. The molecular formula is C20H36IN5O. The van der Waals surface area contributed by atoms with Crippen molar-refractivity contribution in [2.45, 2.75) is 58.8 Å². The minimum atomic E-state index is -0.00433. The van der Waals surface area contributed by atoms with Crippen LogP contribution in [0.2, 0.25) is 0 Å². The number of nitrogens with zero attached hydrogens (tertiary/aromatic N) is 3. The van der Waals surface area contributed by atoms with Gasteiger partial charge >= 0.3 is 0 Å². The number of morpholine rings is 1. The van der Waals surface area contributed by atoms with Gasteiger partial charge in [0, 0.05) is 50.0 Å². The van der Waals surface area contributed by atoms with Crippen LogP contribution in [0.5, 0.6) is 0 Å². The second-order valence-corrected chi connectivity index (χ2v) is 7.67. The summed E-state index contributed by atoms with van der Waals surface area (Å²) >= 11 is 0. The Labute approximate surface area is 181 Å². The maximum atomic E-state index is 5.86. The SMILES string of the molecule is CCNC(=NCC(C)(C)N1CC(C)OC(C)C1)NCCc1ccccn1.I. The van der Waals surface area contributed by atoms with Gasteiger partial charge in [0.25, 0.3) is 0 Å². The molecular weight excluding hydrogens is 453 g/mol. The molecule has 1 saturated heterocycles. The van der Waals surface area contributed by atoms with Crippen molar-refractivity contribution in [1.29, 1.82) is 0 Å². The first-order chi connectivity index (χ1) is 12.4. The van der Waals surface area contributed by atoms with Gasteiger partial charge in [-0.3, -0.25) is 14.9 Å². The summed E-state index contributed by atoms with van der Waals surface area (Å²) in [5, 5.41) is 6.76. The van der Waals surface area contributed by atoms with Crippen LogP contribution >= 0.6 is 24.0 Å². The van der Waals surface area contributed by atoms with E-state index in [2.05, 4.69) is 61.2 Å². The van der Waals surface area contributed by atoms with E-state index in [-0.39, 0.29) is 41.7 Å². The molecule has 2 unspecified atom stereocenters. The molecule has 0 aromatic carbocycles. The molecule has 6 nitrogen and oxygen atoms in total. The van der Waals surface area contributed by atoms with Crippen LogP contribution < -0.4 is 10.6 Å². The van der Waals surface area contributed by atoms with E-state index < -0.39 is 0 Å². The van der Waals surface area contributed by atoms with Crippen molar-refractivity contribution >= 4 is 29.9 Å². The number of aliphatic imine (C=N–C) groups is 1. The highest BCUT2D eigenvalue weighted by Crippen LogP contribution is 2.21. The van der Waals surface area contributed by atoms with Gasteiger partial charge in [0.2, 0.25) is 0 Å². The number of hydrogen-bond acceptors (Lipinski definition) is 4. The molecule has 2 rings (SSSR count). The third-order valence-electron chi connectivity index (χ3n) is 4.64. The summed E-state index contributed by atoms with van der Waals surface area (Å²) in [4.78, 5) is 11.7. The first kappa shape index (κ1) is 24.1. The molecule has 0 amide bonds. The van der Waals surface area contributed by atoms with Crippen molar-refractivity contribution in [2.75, 3.05) is 32.7 Å². The number of hydrogen-bond donors (Lipinski definition) is 2. The second-order valence-electron chi connectivity index (χ2n) is 7.67. The number of pyridine rings is 1. The van der Waals surface area contributed by atoms with E-state index in [1.165, 1.54) is 0 Å². The van der Waals surface area contributed by atoms with Crippen LogP contribution in [0.1, 0.15) is 40.3 Å². The van der Waals surface area contributed by atoms with E-state index in [1.807, 2.05) is 18.3 Å². The zero-order chi connectivity index (χ0) is 19.0. The van der Waals surface area contributed by atoms with Gasteiger partial charge in [-0.1, -0.05) is 6.07 Å². The fraction of sp³-hybridized carbons (Fsp3) is 0.700. The van der Waals surface area contributed by atoms with Crippen molar-refractivity contribution in [1.82, 2.24) is 20.5 Å². The van der Waals surface area contributed by atoms with Crippen molar-refractivity contribution < 1.29 is 4.74 Å². The predicted octanol–water partition coefficient (Wildman–Crippen LogP) is 2.69. The first-order valence-corrected chi connectivity index (χ1v) is 9.73. The Bertz CT molecular complexity index is 557. The molecule has 7 heteroatoms. The molecule has 1 aromatic rings. The normalized spacial score (nSPS) is 21.4. The Kier molecular flexibility index (Phi) is 10.5. The number of halogens is 1. The summed E-state index contributed by atoms with van der Waals surface area (Å²) in [5.74, 6) is 0.867. The van der Waals surface area contributed by atoms with Gasteiger partial charge in [0.1, 0.15) is 0 Å². The van der Waals surface area contributed by atoms with Gasteiger partial charge in [-0.2, -0.15) is 0 Å². The summed E-state index contributed by atoms with van der Waals surface area (Å²) in [6, 6.07) is 6.02. The fourth-order valence-electron chi connectivity index (χ4n) is 3.24. The van der Waals surface area contributed by atoms with Crippen molar-refractivity contribution in [3.05, 3.63) is 30.1 Å². The molecule has 0 saturated carbocycles. The van der Waals surface area contributed by atoms with Crippen molar-refractivity contribution in [2.24, 2.45) is 4.99 Å². The minimum Gasteiger partial charge on any atom is -0.373 e. The molecule has 0 spiro atoms. The quantitative estimate of drug-likeness (QED) is 0.351. The van der Waals surface area contributed by atoms with Crippen LogP contribution in [-0.4, -0.2) is 66.3 Å². The zero-order valence-corrected chi connectivity index (χ0v) is 19.7. The number of nitrogens with one attached hydrogen (secondary N) is 2. The molecule has 1 aliphatic rings. The maximum absolute atomic E-state index is 5.86. The zero-order valence-electron chi connectivity index (χ0n) is 17.4. The first-order valence-electron chi connectivity index (χ1n) is 9.73. The van der Waals surface area contributed by atoms with Crippen molar-refractivity contribution in [3.8, 4) is 0 Å². The Morgan fingerprint density at radius 3 is 2.56 bits per heavy atom. The average Bonchev–Trinajstić information content (AvgIpc) is 2.60. The van der Waals surface area contributed by atoms with Crippen LogP contribution in [0.25, 0.3) is 0 Å². The lowest BCUT2D eigenvalue weighted by Crippen LogP contribution is -2.56. The van der Waals surface area contributed by atoms with Gasteiger partial charge < -0.3 is 15.4 Å². The van der Waals surface area contributed by atoms with Gasteiger partial charge in [0.15, 0.2) is 5.96 Å². The number of aromatic nitrogens is 1. The Hall–Kier alpha value is -0.930. The molecule has 2 N–H and O–H groups in total. The van der Waals surface area contributed by atoms with Crippen LogP contribution in [-0.2, 0) is 11.2 Å². The molecule has 2 heterocycles. The summed E-state index contributed by atoms with van der Waals surface area (Å²) in [7, 11) is 0. The third-order valence-corrected chi connectivity index (χ3v) is 4.64. The van der Waals surface area contributed by atoms with Gasteiger partial charge in [-0.25, -0.2) is 0 Å². The largest absolute Gasteiger partial charge is 0.373 e. The molecule has 1 aliphatic heterocycles. The summed E-state index contributed by atoms with van der Waals surface area (Å²) in [6.07, 6.45) is 3.26.